The molecule has 0 aromatic rings. The minimum Gasteiger partial charge on any atom is -0.411 e. The van der Waals surface area contributed by atoms with Gasteiger partial charge in [-0.15, -0.1) is 0 Å². The molecule has 190 valence electrons. The molecule has 0 spiro atoms. The molecule has 0 aliphatic carbocycles. The monoisotopic (exact) mass is 519 g/mol. The van der Waals surface area contributed by atoms with Crippen LogP contribution in [0.2, 0.25) is 0 Å². The van der Waals surface area contributed by atoms with Crippen molar-refractivity contribution in [3.8, 4) is 0 Å². The molecule has 0 fully saturated rings. The summed E-state index contributed by atoms with van der Waals surface area (Å²) in [6, 6.07) is 0. The maximum atomic E-state index is 5.32. The van der Waals surface area contributed by atoms with E-state index in [9.17, 15) is 0 Å². The van der Waals surface area contributed by atoms with Crippen LogP contribution < -0.4 is 0 Å². The maximum absolute atomic E-state index is 5.32. The minimum absolute atomic E-state index is 0. The summed E-state index contributed by atoms with van der Waals surface area (Å²) in [5, 5.41) is 0. The van der Waals surface area contributed by atoms with Gasteiger partial charge in [0.25, 0.3) is 0 Å². The van der Waals surface area contributed by atoms with Crippen molar-refractivity contribution in [2.45, 2.75) is 155 Å². The molecule has 0 rings (SSSR count). The Kier molecular flexibility index (Phi) is 31.3. The minimum atomic E-state index is 0. The summed E-state index contributed by atoms with van der Waals surface area (Å²) in [6.45, 7) is 6.74. The number of unbranched alkanes of at least 4 members (excludes halogenated alkanes) is 20. The van der Waals surface area contributed by atoms with E-state index in [0.717, 1.165) is 13.1 Å². The number of nitrogens with zero attached hydrogens (tertiary/aromatic N) is 1. The van der Waals surface area contributed by atoms with Gasteiger partial charge in [0, 0.05) is 13.1 Å². The zero-order valence-corrected chi connectivity index (χ0v) is 23.6. The first kappa shape index (κ1) is 33.8. The van der Waals surface area contributed by atoms with E-state index in [1.807, 2.05) is 0 Å². The Morgan fingerprint density at radius 3 is 0.935 bits per heavy atom. The molecule has 0 aliphatic heterocycles. The van der Waals surface area contributed by atoms with Crippen molar-refractivity contribution in [3.63, 3.8) is 0 Å². The maximum Gasteiger partial charge on any atom is 1.00 e. The zero-order valence-electron chi connectivity index (χ0n) is 21.0. The summed E-state index contributed by atoms with van der Waals surface area (Å²) >= 11 is 10.6. The fraction of sp³-hybridized carbons (Fsp3) is 0.963. The van der Waals surface area contributed by atoms with Crippen molar-refractivity contribution in [1.29, 1.82) is 0 Å². The van der Waals surface area contributed by atoms with Crippen LogP contribution >= 0.6 is 12.2 Å². The van der Waals surface area contributed by atoms with Crippen LogP contribution in [-0.4, -0.2) is 22.3 Å². The first-order chi connectivity index (χ1) is 14.7. The number of hydrogen-bond donors (Lipinski definition) is 0. The van der Waals surface area contributed by atoms with Crippen LogP contribution in [0.4, 0.5) is 0 Å². The summed E-state index contributed by atoms with van der Waals surface area (Å²) in [5.41, 5.74) is 0. The van der Waals surface area contributed by atoms with Crippen LogP contribution in [0.3, 0.4) is 0 Å². The predicted octanol–water partition coefficient (Wildman–Crippen LogP) is 9.74. The average Bonchev–Trinajstić information content (AvgIpc) is 2.74. The van der Waals surface area contributed by atoms with Crippen molar-refractivity contribution in [2.75, 3.05) is 13.1 Å². The van der Waals surface area contributed by atoms with E-state index < -0.39 is 0 Å². The Morgan fingerprint density at radius 2 is 0.710 bits per heavy atom. The fourth-order valence-corrected chi connectivity index (χ4v) is 4.59. The van der Waals surface area contributed by atoms with Crippen molar-refractivity contribution in [2.24, 2.45) is 0 Å². The van der Waals surface area contributed by atoms with Gasteiger partial charge in [-0.1, -0.05) is 147 Å². The van der Waals surface area contributed by atoms with Gasteiger partial charge in [-0.25, -0.2) is 0 Å². The summed E-state index contributed by atoms with van der Waals surface area (Å²) in [6.07, 6.45) is 30.7. The first-order valence-corrected chi connectivity index (χ1v) is 14.5. The standard InChI is InChI=1S/C27H55NS2.Cu/c1-3-5-7-9-11-13-15-17-19-21-23-25-28(27(29)30)26-24-22-20-18-16-14-12-10-8-6-4-2;/h3-26H2,1-2H3,(H,29,30);/q;+1/p-1. The van der Waals surface area contributed by atoms with E-state index in [2.05, 4.69) is 18.7 Å². The molecule has 0 saturated heterocycles. The molecule has 0 aromatic heterocycles. The SMILES string of the molecule is CCCCCCCCCCCCCN(CCCCCCCCCCCCC)C(=S)[S-].[Cu+]. The Hall–Kier alpha value is 0.629. The van der Waals surface area contributed by atoms with E-state index >= 15 is 0 Å². The average molecular weight is 520 g/mol. The molecule has 0 amide bonds. The van der Waals surface area contributed by atoms with Crippen LogP contribution in [0.5, 0.6) is 0 Å². The van der Waals surface area contributed by atoms with Gasteiger partial charge < -0.3 is 29.7 Å². The van der Waals surface area contributed by atoms with Gasteiger partial charge in [-0.2, -0.15) is 0 Å². The fourth-order valence-electron chi connectivity index (χ4n) is 4.23. The summed E-state index contributed by atoms with van der Waals surface area (Å²) in [4.78, 5) is 2.28. The second-order valence-electron chi connectivity index (χ2n) is 9.32. The third-order valence-corrected chi connectivity index (χ3v) is 6.84. The first-order valence-electron chi connectivity index (χ1n) is 13.7. The topological polar surface area (TPSA) is 3.24 Å². The molecule has 0 saturated carbocycles. The number of thiocarbonyl (C=S) groups is 1. The Labute approximate surface area is 218 Å². The summed E-state index contributed by atoms with van der Waals surface area (Å²) < 4.78 is 0.689. The molecule has 0 N–H and O–H groups in total. The third-order valence-electron chi connectivity index (χ3n) is 6.32. The molecule has 0 bridgehead atoms. The van der Waals surface area contributed by atoms with E-state index in [-0.39, 0.29) is 17.1 Å². The van der Waals surface area contributed by atoms with Crippen molar-refractivity contribution in [3.05, 3.63) is 0 Å². The molecule has 0 heterocycles. The third kappa shape index (κ3) is 26.8. The molecule has 4 heteroatoms. The Morgan fingerprint density at radius 1 is 0.484 bits per heavy atom. The van der Waals surface area contributed by atoms with E-state index in [0.29, 0.717) is 4.32 Å². The quantitative estimate of drug-likeness (QED) is 0.0540. The molecule has 0 atom stereocenters. The normalized spacial score (nSPS) is 10.8. The Bertz CT molecular complexity index is 326. The predicted molar refractivity (Wildman–Crippen MR) is 144 cm³/mol. The van der Waals surface area contributed by atoms with Crippen LogP contribution in [0.25, 0.3) is 0 Å². The van der Waals surface area contributed by atoms with E-state index in [1.165, 1.54) is 141 Å². The van der Waals surface area contributed by atoms with E-state index in [4.69, 9.17) is 24.8 Å². The number of hydrogen-bond acceptors (Lipinski definition) is 2. The molecular formula is C27H54CuNS2. The van der Waals surface area contributed by atoms with E-state index in [1.54, 1.807) is 0 Å². The molecular weight excluding hydrogens is 466 g/mol. The van der Waals surface area contributed by atoms with Crippen LogP contribution in [-0.2, 0) is 29.7 Å². The summed E-state index contributed by atoms with van der Waals surface area (Å²) in [5.74, 6) is 0. The van der Waals surface area contributed by atoms with Gasteiger partial charge >= 0.3 is 17.1 Å². The Balaban J connectivity index is 0. The van der Waals surface area contributed by atoms with Crippen molar-refractivity contribution < 1.29 is 17.1 Å². The van der Waals surface area contributed by atoms with Crippen LogP contribution in [0.15, 0.2) is 0 Å². The van der Waals surface area contributed by atoms with Gasteiger partial charge in [0.1, 0.15) is 0 Å². The van der Waals surface area contributed by atoms with Gasteiger partial charge in [0.05, 0.1) is 0 Å². The molecule has 31 heavy (non-hydrogen) atoms. The van der Waals surface area contributed by atoms with Gasteiger partial charge in [-0.05, 0) is 12.8 Å². The van der Waals surface area contributed by atoms with Crippen molar-refractivity contribution in [1.82, 2.24) is 4.90 Å². The van der Waals surface area contributed by atoms with Crippen molar-refractivity contribution >= 4 is 29.2 Å². The summed E-state index contributed by atoms with van der Waals surface area (Å²) in [7, 11) is 0. The smallest absolute Gasteiger partial charge is 0.411 e. The molecule has 0 radical (unpaired) electrons. The van der Waals surface area contributed by atoms with Crippen LogP contribution in [0.1, 0.15) is 155 Å². The molecule has 0 aliphatic rings. The molecule has 0 aromatic carbocycles. The second-order valence-corrected chi connectivity index (χ2v) is 10.4. The van der Waals surface area contributed by atoms with Crippen LogP contribution in [0, 0.1) is 0 Å². The van der Waals surface area contributed by atoms with Gasteiger partial charge in [-0.3, -0.25) is 0 Å². The number of rotatable bonds is 24. The largest absolute Gasteiger partial charge is 1.00 e. The molecule has 0 unspecified atom stereocenters. The van der Waals surface area contributed by atoms with Gasteiger partial charge in [0.15, 0.2) is 0 Å². The second kappa shape index (κ2) is 28.7. The van der Waals surface area contributed by atoms with Gasteiger partial charge in [0.2, 0.25) is 0 Å². The zero-order chi connectivity index (χ0) is 22.1. The molecule has 1 nitrogen and oxygen atoms in total.